The molecule has 0 aliphatic carbocycles. The van der Waals surface area contributed by atoms with E-state index in [2.05, 4.69) is 0 Å². The van der Waals surface area contributed by atoms with Crippen molar-refractivity contribution < 1.29 is 578 Å². The van der Waals surface area contributed by atoms with Crippen molar-refractivity contribution in [3.63, 3.8) is 0 Å². The fraction of sp³-hybridized carbons (Fsp3) is 0.167. The first-order chi connectivity index (χ1) is 18.9. The first kappa shape index (κ1) is 104. The SMILES string of the molecule is CC=CC=CC(=O)O.CC=CC=CC(=O)O.CC=CC=CC(=O)O.CC=CC=CC(=O)O.CC=CC=CC(=O)O.[H-].[H-].[H-].[H-].[H-].[H-].[H-].[H-].[H-].[H-].[K+].[K+].[K+].[K+].[K+].[K+].[K+].[K+].[K+].[K+]. The number of rotatable bonds is 10. The van der Waals surface area contributed by atoms with E-state index in [1.807, 2.05) is 34.6 Å². The minimum Gasteiger partial charge on any atom is -1.00 e. The Labute approximate surface area is 739 Å². The quantitative estimate of drug-likeness (QED) is 0.0801. The van der Waals surface area contributed by atoms with E-state index in [0.717, 1.165) is 30.4 Å². The molecule has 0 aromatic carbocycles. The average Bonchev–Trinajstić information content (AvgIpc) is 2.86. The molecule has 0 aliphatic heterocycles. The fourth-order valence-corrected chi connectivity index (χ4v) is 1.24. The third-order valence-electron chi connectivity index (χ3n) is 2.71. The maximum atomic E-state index is 9.75. The summed E-state index contributed by atoms with van der Waals surface area (Å²) in [4.78, 5) is 48.8. The van der Waals surface area contributed by atoms with Gasteiger partial charge in [0.1, 0.15) is 0 Å². The van der Waals surface area contributed by atoms with Gasteiger partial charge in [0.2, 0.25) is 0 Å². The molecule has 5 N–H and O–H groups in total. The monoisotopic (exact) mass is 960 g/mol. The molecule has 10 nitrogen and oxygen atoms in total. The van der Waals surface area contributed by atoms with Crippen molar-refractivity contribution in [2.45, 2.75) is 34.6 Å². The second kappa shape index (κ2) is 98.8. The van der Waals surface area contributed by atoms with Crippen molar-refractivity contribution in [1.29, 1.82) is 0 Å². The summed E-state index contributed by atoms with van der Waals surface area (Å²) in [6.45, 7) is 9.13. The summed E-state index contributed by atoms with van der Waals surface area (Å²) in [5.74, 6) is -4.57. The molecule has 0 amide bonds. The minimum atomic E-state index is -0.914. The zero-order chi connectivity index (χ0) is 32.0. The van der Waals surface area contributed by atoms with Gasteiger partial charge in [0, 0.05) is 30.4 Å². The van der Waals surface area contributed by atoms with Crippen LogP contribution in [0.1, 0.15) is 48.9 Å². The van der Waals surface area contributed by atoms with Crippen molar-refractivity contribution in [3.05, 3.63) is 122 Å². The van der Waals surface area contributed by atoms with Gasteiger partial charge in [0.15, 0.2) is 0 Å². The van der Waals surface area contributed by atoms with E-state index in [4.69, 9.17) is 25.5 Å². The standard InChI is InChI=1S/5C6H8O2.10K.10H/c5*1-2-3-4-5-6(7)8;;;;;;;;;;;;;;;;;;;;/h5*2-5H,1H3,(H,7,8);;;;;;;;;;;;;;;;;;;;/q;;;;;10*+1;10*-1. The van der Waals surface area contributed by atoms with Crippen LogP contribution in [0.25, 0.3) is 0 Å². The van der Waals surface area contributed by atoms with Gasteiger partial charge in [0.25, 0.3) is 0 Å². The maximum Gasteiger partial charge on any atom is 1.00 e. The molecule has 0 radical (unpaired) electrons. The molecule has 0 saturated heterocycles. The number of allylic oxidation sites excluding steroid dienone is 15. The Hall–Kier alpha value is 11.1. The Bertz CT molecular complexity index is 873. The number of aliphatic carboxylic acids is 5. The van der Waals surface area contributed by atoms with Gasteiger partial charge in [-0.1, -0.05) is 91.1 Å². The molecule has 0 bridgehead atoms. The Balaban J connectivity index is -0.0000000102. The predicted molar refractivity (Wildman–Crippen MR) is 169 cm³/mol. The van der Waals surface area contributed by atoms with E-state index < -0.39 is 29.8 Å². The Morgan fingerprint density at radius 1 is 0.280 bits per heavy atom. The van der Waals surface area contributed by atoms with Gasteiger partial charge in [-0.05, 0) is 34.6 Å². The maximum absolute atomic E-state index is 9.75. The molecule has 0 atom stereocenters. The normalized spacial score (nSPS) is 8.90. The molecule has 0 aromatic heterocycles. The largest absolute Gasteiger partial charge is 1.00 e. The molecule has 0 rings (SSSR count). The van der Waals surface area contributed by atoms with Crippen LogP contribution >= 0.6 is 0 Å². The number of carbonyl (C=O) groups is 5. The van der Waals surface area contributed by atoms with Gasteiger partial charge in [-0.25, -0.2) is 24.0 Å². The molecule has 0 heterocycles. The van der Waals surface area contributed by atoms with Crippen molar-refractivity contribution in [1.82, 2.24) is 0 Å². The minimum absolute atomic E-state index is 0. The van der Waals surface area contributed by atoms with E-state index in [1.54, 1.807) is 60.8 Å². The molecule has 0 spiro atoms. The molecule has 0 unspecified atom stereocenters. The fourth-order valence-electron chi connectivity index (χ4n) is 1.24. The summed E-state index contributed by atoms with van der Waals surface area (Å²) in [5, 5.41) is 40.1. The van der Waals surface area contributed by atoms with Crippen LogP contribution in [-0.4, -0.2) is 55.4 Å². The molecular formula is C30H50K10O10. The van der Waals surface area contributed by atoms with E-state index in [9.17, 15) is 24.0 Å². The molecule has 240 valence electrons. The number of hydrogen-bond acceptors (Lipinski definition) is 5. The molecule has 0 aliphatic rings. The van der Waals surface area contributed by atoms with E-state index in [0.29, 0.717) is 0 Å². The van der Waals surface area contributed by atoms with Crippen LogP contribution in [0, 0.1) is 0 Å². The third-order valence-corrected chi connectivity index (χ3v) is 2.71. The second-order valence-corrected chi connectivity index (χ2v) is 6.12. The Morgan fingerprint density at radius 2 is 0.380 bits per heavy atom. The van der Waals surface area contributed by atoms with Crippen molar-refractivity contribution in [2.24, 2.45) is 0 Å². The van der Waals surface area contributed by atoms with Crippen LogP contribution < -0.4 is 514 Å². The number of carboxylic acids is 5. The summed E-state index contributed by atoms with van der Waals surface area (Å²) in [6, 6.07) is 0. The van der Waals surface area contributed by atoms with Crippen molar-refractivity contribution >= 4 is 29.8 Å². The van der Waals surface area contributed by atoms with Gasteiger partial charge in [-0.15, -0.1) is 0 Å². The third kappa shape index (κ3) is 153. The molecule has 0 saturated carbocycles. The van der Waals surface area contributed by atoms with Gasteiger partial charge in [0.05, 0.1) is 0 Å². The Morgan fingerprint density at radius 3 is 0.440 bits per heavy atom. The first-order valence-electron chi connectivity index (χ1n) is 11.5. The van der Waals surface area contributed by atoms with Crippen LogP contribution in [-0.2, 0) is 24.0 Å². The summed E-state index contributed by atoms with van der Waals surface area (Å²) in [6.07, 6.45) is 29.9. The van der Waals surface area contributed by atoms with Crippen LogP contribution in [0.15, 0.2) is 122 Å². The smallest absolute Gasteiger partial charge is 1.00 e. The van der Waals surface area contributed by atoms with E-state index in [1.165, 1.54) is 30.4 Å². The van der Waals surface area contributed by atoms with Crippen LogP contribution in [0.2, 0.25) is 0 Å². The molecule has 0 fully saturated rings. The van der Waals surface area contributed by atoms with Crippen LogP contribution in [0.3, 0.4) is 0 Å². The van der Waals surface area contributed by atoms with Gasteiger partial charge in [-0.3, -0.25) is 0 Å². The summed E-state index contributed by atoms with van der Waals surface area (Å²) in [5.41, 5.74) is 0. The first-order valence-corrected chi connectivity index (χ1v) is 11.5. The summed E-state index contributed by atoms with van der Waals surface area (Å²) in [7, 11) is 0. The van der Waals surface area contributed by atoms with Gasteiger partial charge >= 0.3 is 544 Å². The second-order valence-electron chi connectivity index (χ2n) is 6.12. The number of hydrogen-bond donors (Lipinski definition) is 5. The molecule has 20 heteroatoms. The zero-order valence-corrected chi connectivity index (χ0v) is 64.6. The number of carboxylic acid groups (broad SMARTS) is 5. The van der Waals surface area contributed by atoms with E-state index >= 15 is 0 Å². The zero-order valence-electron chi connectivity index (χ0n) is 43.3. The van der Waals surface area contributed by atoms with Gasteiger partial charge in [-0.2, -0.15) is 0 Å². The van der Waals surface area contributed by atoms with Crippen LogP contribution in [0.5, 0.6) is 0 Å². The van der Waals surface area contributed by atoms with Gasteiger partial charge < -0.3 is 39.8 Å². The Kier molecular flexibility index (Phi) is 205. The summed E-state index contributed by atoms with van der Waals surface area (Å²) < 4.78 is 0. The topological polar surface area (TPSA) is 186 Å². The molecule has 0 aromatic rings. The van der Waals surface area contributed by atoms with Crippen molar-refractivity contribution in [2.75, 3.05) is 0 Å². The van der Waals surface area contributed by atoms with Crippen molar-refractivity contribution in [3.8, 4) is 0 Å². The van der Waals surface area contributed by atoms with E-state index in [-0.39, 0.29) is 528 Å². The predicted octanol–water partition coefficient (Wildman–Crippen LogP) is -22.8. The average molecular weight is 962 g/mol. The summed E-state index contributed by atoms with van der Waals surface area (Å²) >= 11 is 0. The molecular weight excluding hydrogens is 911 g/mol. The van der Waals surface area contributed by atoms with Crippen LogP contribution in [0.4, 0.5) is 0 Å². The molecule has 50 heavy (non-hydrogen) atoms.